The van der Waals surface area contributed by atoms with Gasteiger partial charge in [-0.25, -0.2) is 4.79 Å². The Bertz CT molecular complexity index is 757. The van der Waals surface area contributed by atoms with E-state index in [-0.39, 0.29) is 13.3 Å². The van der Waals surface area contributed by atoms with Crippen molar-refractivity contribution in [2.75, 3.05) is 25.9 Å². The number of aryl methyl sites for hydroxylation is 1. The van der Waals surface area contributed by atoms with Gasteiger partial charge in [0.25, 0.3) is 0 Å². The highest BCUT2D eigenvalue weighted by Crippen LogP contribution is 2.22. The van der Waals surface area contributed by atoms with Crippen LogP contribution in [0.2, 0.25) is 0 Å². The molecule has 0 bridgehead atoms. The monoisotopic (exact) mass is 356 g/mol. The summed E-state index contributed by atoms with van der Waals surface area (Å²) in [5.41, 5.74) is 4.43. The molecule has 6 nitrogen and oxygen atoms in total. The molecule has 0 fully saturated rings. The molecule has 0 radical (unpaired) electrons. The fourth-order valence-corrected chi connectivity index (χ4v) is 2.40. The molecule has 0 saturated carbocycles. The van der Waals surface area contributed by atoms with Crippen LogP contribution in [0, 0.1) is 6.92 Å². The summed E-state index contributed by atoms with van der Waals surface area (Å²) in [5, 5.41) is 4.18. The lowest BCUT2D eigenvalue weighted by molar-refractivity contribution is 0.129. The molecule has 2 aromatic rings. The molecule has 0 N–H and O–H groups in total. The lowest BCUT2D eigenvalue weighted by atomic mass is 10.1. The number of anilines is 1. The zero-order valence-corrected chi connectivity index (χ0v) is 15.6. The maximum absolute atomic E-state index is 12.0. The lowest BCUT2D eigenvalue weighted by Crippen LogP contribution is -2.33. The van der Waals surface area contributed by atoms with E-state index in [1.54, 1.807) is 0 Å². The summed E-state index contributed by atoms with van der Waals surface area (Å²) in [5.74, 6) is 0. The van der Waals surface area contributed by atoms with E-state index < -0.39 is 6.09 Å². The lowest BCUT2D eigenvalue weighted by Gasteiger charge is -2.22. The smallest absolute Gasteiger partial charge is 0.415 e. The summed E-state index contributed by atoms with van der Waals surface area (Å²) >= 11 is 0. The van der Waals surface area contributed by atoms with Crippen molar-refractivity contribution in [2.24, 2.45) is 5.16 Å². The molecule has 0 saturated heterocycles. The second-order valence-electron chi connectivity index (χ2n) is 5.76. The van der Waals surface area contributed by atoms with Gasteiger partial charge in [-0.05, 0) is 25.5 Å². The van der Waals surface area contributed by atoms with E-state index >= 15 is 0 Å². The minimum Gasteiger partial charge on any atom is -0.452 e. The molecule has 0 atom stereocenters. The van der Waals surface area contributed by atoms with Crippen molar-refractivity contribution in [1.29, 1.82) is 0 Å². The van der Waals surface area contributed by atoms with Gasteiger partial charge >= 0.3 is 6.09 Å². The van der Waals surface area contributed by atoms with E-state index in [4.69, 9.17) is 14.3 Å². The van der Waals surface area contributed by atoms with Crippen molar-refractivity contribution in [1.82, 2.24) is 0 Å². The normalized spacial score (nSPS) is 11.2. The molecule has 0 heterocycles. The molecule has 0 aliphatic heterocycles. The number of benzene rings is 2. The van der Waals surface area contributed by atoms with Gasteiger partial charge in [0, 0.05) is 12.7 Å². The molecule has 0 spiro atoms. The topological polar surface area (TPSA) is 60.4 Å². The number of hydrogen-bond donors (Lipinski definition) is 0. The van der Waals surface area contributed by atoms with Crippen molar-refractivity contribution in [3.63, 3.8) is 0 Å². The minimum atomic E-state index is -0.501. The largest absolute Gasteiger partial charge is 0.452 e. The molecular formula is C20H24N2O4. The van der Waals surface area contributed by atoms with Crippen LogP contribution in [0.15, 0.2) is 53.7 Å². The molecule has 26 heavy (non-hydrogen) atoms. The average molecular weight is 356 g/mol. The highest BCUT2D eigenvalue weighted by molar-refractivity contribution is 5.98. The number of carbonyl (C=O) groups excluding carboxylic acids is 1. The molecule has 1 amide bonds. The van der Waals surface area contributed by atoms with Gasteiger partial charge in [-0.15, -0.1) is 0 Å². The van der Waals surface area contributed by atoms with Gasteiger partial charge < -0.3 is 14.3 Å². The summed E-state index contributed by atoms with van der Waals surface area (Å²) in [6, 6.07) is 15.5. The van der Waals surface area contributed by atoms with Crippen LogP contribution in [-0.2, 0) is 20.9 Å². The third-order valence-electron chi connectivity index (χ3n) is 3.83. The Labute approximate surface area is 154 Å². The number of para-hydroxylation sites is 1. The van der Waals surface area contributed by atoms with Crippen molar-refractivity contribution >= 4 is 17.5 Å². The van der Waals surface area contributed by atoms with E-state index in [0.717, 1.165) is 16.8 Å². The summed E-state index contributed by atoms with van der Waals surface area (Å²) in [6.07, 6.45) is -0.501. The standard InChI is InChI=1S/C20H24N2O4/c1-15-9-11-17(12-10-15)16(2)21-26-13-18-7-5-6-8-19(18)22(14-24-3)20(23)25-4/h5-12H,13-14H2,1-4H3/b21-16+. The van der Waals surface area contributed by atoms with Crippen LogP contribution in [0.4, 0.5) is 10.5 Å². The Balaban J connectivity index is 2.13. The van der Waals surface area contributed by atoms with E-state index in [1.807, 2.05) is 62.4 Å². The maximum Gasteiger partial charge on any atom is 0.415 e. The van der Waals surface area contributed by atoms with Gasteiger partial charge in [0.2, 0.25) is 0 Å². The van der Waals surface area contributed by atoms with Crippen LogP contribution in [0.5, 0.6) is 0 Å². The highest BCUT2D eigenvalue weighted by Gasteiger charge is 2.19. The molecular weight excluding hydrogens is 332 g/mol. The average Bonchev–Trinajstić information content (AvgIpc) is 2.66. The third-order valence-corrected chi connectivity index (χ3v) is 3.83. The van der Waals surface area contributed by atoms with Crippen molar-refractivity contribution in [3.8, 4) is 0 Å². The SMILES string of the molecule is COCN(C(=O)OC)c1ccccc1CO/N=C(\C)c1ccc(C)cc1. The second kappa shape index (κ2) is 9.58. The van der Waals surface area contributed by atoms with E-state index in [0.29, 0.717) is 5.69 Å². The molecule has 138 valence electrons. The number of methoxy groups -OCH3 is 2. The van der Waals surface area contributed by atoms with Crippen LogP contribution in [-0.4, -0.2) is 32.8 Å². The van der Waals surface area contributed by atoms with Crippen LogP contribution in [0.25, 0.3) is 0 Å². The first kappa shape index (κ1) is 19.5. The first-order valence-electron chi connectivity index (χ1n) is 8.22. The molecule has 0 aliphatic carbocycles. The van der Waals surface area contributed by atoms with E-state index in [2.05, 4.69) is 5.16 Å². The molecule has 2 rings (SSSR count). The first-order valence-corrected chi connectivity index (χ1v) is 8.22. The summed E-state index contributed by atoms with van der Waals surface area (Å²) < 4.78 is 9.93. The zero-order valence-electron chi connectivity index (χ0n) is 15.6. The first-order chi connectivity index (χ1) is 12.6. The summed E-state index contributed by atoms with van der Waals surface area (Å²) in [7, 11) is 2.85. The van der Waals surface area contributed by atoms with Gasteiger partial charge in [-0.1, -0.05) is 53.2 Å². The molecule has 0 aromatic heterocycles. The van der Waals surface area contributed by atoms with Crippen molar-refractivity contribution in [2.45, 2.75) is 20.5 Å². The Kier molecular flexibility index (Phi) is 7.17. The summed E-state index contributed by atoms with van der Waals surface area (Å²) in [4.78, 5) is 18.9. The van der Waals surface area contributed by atoms with Crippen LogP contribution < -0.4 is 4.90 Å². The Hall–Kier alpha value is -2.86. The Morgan fingerprint density at radius 1 is 1.08 bits per heavy atom. The Morgan fingerprint density at radius 2 is 1.77 bits per heavy atom. The van der Waals surface area contributed by atoms with E-state index in [1.165, 1.54) is 24.7 Å². The molecule has 2 aromatic carbocycles. The summed E-state index contributed by atoms with van der Waals surface area (Å²) in [6.45, 7) is 4.23. The van der Waals surface area contributed by atoms with Crippen molar-refractivity contribution < 1.29 is 19.1 Å². The van der Waals surface area contributed by atoms with E-state index in [9.17, 15) is 4.79 Å². The predicted molar refractivity (Wildman–Crippen MR) is 101 cm³/mol. The van der Waals surface area contributed by atoms with Crippen LogP contribution >= 0.6 is 0 Å². The fourth-order valence-electron chi connectivity index (χ4n) is 2.40. The van der Waals surface area contributed by atoms with Gasteiger partial charge in [-0.3, -0.25) is 4.90 Å². The maximum atomic E-state index is 12.0. The van der Waals surface area contributed by atoms with Gasteiger partial charge in [0.05, 0.1) is 18.5 Å². The predicted octanol–water partition coefficient (Wildman–Crippen LogP) is 4.11. The second-order valence-corrected chi connectivity index (χ2v) is 5.76. The number of amides is 1. The molecule has 6 heteroatoms. The highest BCUT2D eigenvalue weighted by atomic mass is 16.6. The molecule has 0 aliphatic rings. The van der Waals surface area contributed by atoms with Gasteiger partial charge in [-0.2, -0.15) is 0 Å². The number of nitrogens with zero attached hydrogens (tertiary/aromatic N) is 2. The van der Waals surface area contributed by atoms with Gasteiger partial charge in [0.15, 0.2) is 0 Å². The fraction of sp³-hybridized carbons (Fsp3) is 0.300. The number of oxime groups is 1. The number of hydrogen-bond acceptors (Lipinski definition) is 5. The molecule has 0 unspecified atom stereocenters. The van der Waals surface area contributed by atoms with Gasteiger partial charge in [0.1, 0.15) is 13.3 Å². The van der Waals surface area contributed by atoms with Crippen LogP contribution in [0.3, 0.4) is 0 Å². The third kappa shape index (κ3) is 5.07. The van der Waals surface area contributed by atoms with Crippen LogP contribution in [0.1, 0.15) is 23.6 Å². The number of ether oxygens (including phenoxy) is 2. The van der Waals surface area contributed by atoms with Crippen molar-refractivity contribution in [3.05, 3.63) is 65.2 Å². The number of rotatable bonds is 7. The zero-order chi connectivity index (χ0) is 18.9. The number of carbonyl (C=O) groups is 1. The minimum absolute atomic E-state index is 0.0787. The quantitative estimate of drug-likeness (QED) is 0.425. The Morgan fingerprint density at radius 3 is 2.42 bits per heavy atom.